The highest BCUT2D eigenvalue weighted by Gasteiger charge is 2.40. The summed E-state index contributed by atoms with van der Waals surface area (Å²) < 4.78 is 0. The fraction of sp³-hybridized carbons (Fsp3) is 1.00. The molecule has 0 radical (unpaired) electrons. The molecule has 0 aromatic rings. The van der Waals surface area contributed by atoms with Crippen LogP contribution in [0.3, 0.4) is 0 Å². The van der Waals surface area contributed by atoms with E-state index >= 15 is 0 Å². The first-order valence-electron chi connectivity index (χ1n) is 6.68. The van der Waals surface area contributed by atoms with Gasteiger partial charge in [-0.1, -0.05) is 39.5 Å². The molecule has 0 aromatic heterocycles. The van der Waals surface area contributed by atoms with Gasteiger partial charge < -0.3 is 0 Å². The second kappa shape index (κ2) is 4.24. The number of hydrogen-bond donors (Lipinski definition) is 0. The zero-order chi connectivity index (χ0) is 10.0. The van der Waals surface area contributed by atoms with Crippen molar-refractivity contribution in [1.82, 2.24) is 0 Å². The fourth-order valence-electron chi connectivity index (χ4n) is 3.61. The lowest BCUT2D eigenvalue weighted by molar-refractivity contribution is 0.332. The average Bonchev–Trinajstić information content (AvgIpc) is 2.81. The molecule has 0 heterocycles. The summed E-state index contributed by atoms with van der Waals surface area (Å²) in [4.78, 5) is 0. The largest absolute Gasteiger partial charge is 0.0625 e. The quantitative estimate of drug-likeness (QED) is 0.520. The molecular formula is C14H26. The highest BCUT2D eigenvalue weighted by Crippen LogP contribution is 2.53. The van der Waals surface area contributed by atoms with E-state index in [4.69, 9.17) is 0 Å². The Labute approximate surface area is 89.5 Å². The maximum atomic E-state index is 2.46. The van der Waals surface area contributed by atoms with Gasteiger partial charge in [0.25, 0.3) is 0 Å². The van der Waals surface area contributed by atoms with Crippen molar-refractivity contribution in [1.29, 1.82) is 0 Å². The smallest absolute Gasteiger partial charge is 0.0323 e. The van der Waals surface area contributed by atoms with Gasteiger partial charge in [-0.05, 0) is 49.4 Å². The van der Waals surface area contributed by atoms with E-state index in [0.717, 1.165) is 17.3 Å². The van der Waals surface area contributed by atoms with E-state index in [1.807, 2.05) is 0 Å². The molecule has 0 N–H and O–H groups in total. The summed E-state index contributed by atoms with van der Waals surface area (Å²) >= 11 is 0. The summed E-state index contributed by atoms with van der Waals surface area (Å²) in [6.45, 7) is 4.80. The summed E-state index contributed by atoms with van der Waals surface area (Å²) in [6, 6.07) is 0. The van der Waals surface area contributed by atoms with Gasteiger partial charge >= 0.3 is 0 Å². The van der Waals surface area contributed by atoms with Crippen LogP contribution >= 0.6 is 0 Å². The summed E-state index contributed by atoms with van der Waals surface area (Å²) in [7, 11) is 0. The van der Waals surface area contributed by atoms with E-state index in [-0.39, 0.29) is 0 Å². The zero-order valence-electron chi connectivity index (χ0n) is 10.0. The molecule has 82 valence electrons. The predicted molar refractivity (Wildman–Crippen MR) is 62.3 cm³/mol. The van der Waals surface area contributed by atoms with Crippen molar-refractivity contribution in [2.45, 2.75) is 71.6 Å². The molecule has 0 unspecified atom stereocenters. The molecule has 3 fully saturated rings. The van der Waals surface area contributed by atoms with Gasteiger partial charge in [0.1, 0.15) is 0 Å². The highest BCUT2D eigenvalue weighted by atomic mass is 14.5. The van der Waals surface area contributed by atoms with E-state index < -0.39 is 0 Å². The highest BCUT2D eigenvalue weighted by molar-refractivity contribution is 4.92. The van der Waals surface area contributed by atoms with Crippen LogP contribution in [-0.4, -0.2) is 0 Å². The summed E-state index contributed by atoms with van der Waals surface area (Å²) in [5, 5.41) is 0. The van der Waals surface area contributed by atoms with E-state index in [1.165, 1.54) is 51.4 Å². The molecule has 2 bridgehead atoms. The van der Waals surface area contributed by atoms with E-state index in [0.29, 0.717) is 0 Å². The van der Waals surface area contributed by atoms with Crippen molar-refractivity contribution in [3.63, 3.8) is 0 Å². The van der Waals surface area contributed by atoms with Crippen LogP contribution in [0.5, 0.6) is 0 Å². The van der Waals surface area contributed by atoms with Crippen LogP contribution in [0.4, 0.5) is 0 Å². The lowest BCUT2D eigenvalue weighted by Gasteiger charge is -2.18. The lowest BCUT2D eigenvalue weighted by atomic mass is 9.87. The number of hydrogen-bond acceptors (Lipinski definition) is 0. The number of rotatable bonds is 0. The van der Waals surface area contributed by atoms with Gasteiger partial charge in [-0.3, -0.25) is 0 Å². The lowest BCUT2D eigenvalue weighted by Crippen LogP contribution is -2.06. The van der Waals surface area contributed by atoms with Crippen molar-refractivity contribution in [3.05, 3.63) is 0 Å². The molecule has 0 atom stereocenters. The maximum Gasteiger partial charge on any atom is -0.0323 e. The molecule has 3 saturated carbocycles. The van der Waals surface area contributed by atoms with E-state index in [1.54, 1.807) is 6.42 Å². The van der Waals surface area contributed by atoms with Crippen LogP contribution in [0, 0.1) is 17.3 Å². The van der Waals surface area contributed by atoms with Crippen molar-refractivity contribution >= 4 is 0 Å². The minimum absolute atomic E-state index is 0.810. The first kappa shape index (κ1) is 10.5. The van der Waals surface area contributed by atoms with Crippen LogP contribution < -0.4 is 0 Å². The molecule has 0 aliphatic heterocycles. The molecule has 0 saturated heterocycles. The van der Waals surface area contributed by atoms with Crippen LogP contribution in [0.1, 0.15) is 71.6 Å². The Morgan fingerprint density at radius 2 is 1.50 bits per heavy atom. The standard InChI is InChI=1S/C8H14.C6H12/c1-8-4-2-7(6-8)3-5-8;1-6-4-2-3-5-6/h7H,2-6H2,1H3;6H,2-5H2,1H3. The van der Waals surface area contributed by atoms with Gasteiger partial charge in [0.2, 0.25) is 0 Å². The molecule has 14 heavy (non-hydrogen) atoms. The summed E-state index contributed by atoms with van der Waals surface area (Å²) in [5.74, 6) is 2.19. The SMILES string of the molecule is CC12CCC(CC1)C2.CC1CCCC1. The molecular weight excluding hydrogens is 168 g/mol. The summed E-state index contributed by atoms with van der Waals surface area (Å²) in [5.41, 5.74) is 0.810. The Morgan fingerprint density at radius 1 is 0.929 bits per heavy atom. The van der Waals surface area contributed by atoms with Gasteiger partial charge in [-0.2, -0.15) is 0 Å². The normalized spacial score (nSPS) is 41.1. The third kappa shape index (κ3) is 2.52. The van der Waals surface area contributed by atoms with Crippen molar-refractivity contribution in [2.24, 2.45) is 17.3 Å². The molecule has 3 aliphatic rings. The first-order chi connectivity index (χ1) is 6.68. The van der Waals surface area contributed by atoms with Crippen molar-refractivity contribution < 1.29 is 0 Å². The van der Waals surface area contributed by atoms with Crippen LogP contribution in [0.25, 0.3) is 0 Å². The van der Waals surface area contributed by atoms with Crippen molar-refractivity contribution in [3.8, 4) is 0 Å². The van der Waals surface area contributed by atoms with Gasteiger partial charge in [0.05, 0.1) is 0 Å². The molecule has 0 nitrogen and oxygen atoms in total. The fourth-order valence-corrected chi connectivity index (χ4v) is 3.61. The van der Waals surface area contributed by atoms with E-state index in [2.05, 4.69) is 13.8 Å². The van der Waals surface area contributed by atoms with Gasteiger partial charge in [-0.25, -0.2) is 0 Å². The maximum absolute atomic E-state index is 2.46. The minimum atomic E-state index is 0.810. The van der Waals surface area contributed by atoms with E-state index in [9.17, 15) is 0 Å². The molecule has 0 spiro atoms. The second-order valence-electron chi connectivity index (χ2n) is 6.35. The van der Waals surface area contributed by atoms with Gasteiger partial charge in [0.15, 0.2) is 0 Å². The molecule has 0 amide bonds. The summed E-state index contributed by atoms with van der Waals surface area (Å²) in [6.07, 6.45) is 13.6. The molecule has 0 heteroatoms. The van der Waals surface area contributed by atoms with Gasteiger partial charge in [0, 0.05) is 0 Å². The van der Waals surface area contributed by atoms with Crippen LogP contribution in [0.2, 0.25) is 0 Å². The minimum Gasteiger partial charge on any atom is -0.0625 e. The Kier molecular flexibility index (Phi) is 3.19. The predicted octanol–water partition coefficient (Wildman–Crippen LogP) is 4.78. The third-order valence-electron chi connectivity index (χ3n) is 4.74. The second-order valence-corrected chi connectivity index (χ2v) is 6.35. The molecule has 3 aliphatic carbocycles. The van der Waals surface area contributed by atoms with Crippen LogP contribution in [-0.2, 0) is 0 Å². The Bertz CT molecular complexity index is 168. The molecule has 3 rings (SSSR count). The Morgan fingerprint density at radius 3 is 1.64 bits per heavy atom. The average molecular weight is 194 g/mol. The number of fused-ring (bicyclic) bond motifs is 2. The molecule has 0 aromatic carbocycles. The monoisotopic (exact) mass is 194 g/mol. The zero-order valence-corrected chi connectivity index (χ0v) is 10.0. The van der Waals surface area contributed by atoms with Crippen molar-refractivity contribution in [2.75, 3.05) is 0 Å². The van der Waals surface area contributed by atoms with Gasteiger partial charge in [-0.15, -0.1) is 0 Å². The Hall–Kier alpha value is 0. The van der Waals surface area contributed by atoms with Crippen LogP contribution in [0.15, 0.2) is 0 Å². The topological polar surface area (TPSA) is 0 Å². The first-order valence-corrected chi connectivity index (χ1v) is 6.68. The third-order valence-corrected chi connectivity index (χ3v) is 4.74. The Balaban J connectivity index is 0.000000112.